The molecule has 0 heterocycles. The van der Waals surface area contributed by atoms with Gasteiger partial charge in [-0.1, -0.05) is 0 Å². The maximum absolute atomic E-state index is 12.7. The SMILES string of the molecule is CC(C)(CO)[C@@H](O)C(=O)NCCC(=O)NCCS[Se]c1ccccc1C(=O)Nc1ccccc1. The van der Waals surface area contributed by atoms with Gasteiger partial charge in [0, 0.05) is 0 Å². The van der Waals surface area contributed by atoms with Crippen LogP contribution in [0.15, 0.2) is 54.6 Å². The number of hydrogen-bond acceptors (Lipinski definition) is 6. The van der Waals surface area contributed by atoms with Crippen molar-refractivity contribution in [2.24, 2.45) is 5.41 Å². The van der Waals surface area contributed by atoms with Crippen molar-refractivity contribution >= 4 is 51.9 Å². The molecule has 0 radical (unpaired) electrons. The first-order valence-electron chi connectivity index (χ1n) is 10.8. The van der Waals surface area contributed by atoms with Crippen LogP contribution in [-0.4, -0.2) is 73.3 Å². The zero-order valence-electron chi connectivity index (χ0n) is 19.2. The topological polar surface area (TPSA) is 128 Å². The van der Waals surface area contributed by atoms with Crippen LogP contribution in [0.25, 0.3) is 0 Å². The molecule has 3 amide bonds. The van der Waals surface area contributed by atoms with Crippen LogP contribution < -0.4 is 20.4 Å². The van der Waals surface area contributed by atoms with Crippen LogP contribution in [0.5, 0.6) is 0 Å². The zero-order valence-corrected chi connectivity index (χ0v) is 21.8. The Balaban J connectivity index is 1.68. The van der Waals surface area contributed by atoms with Gasteiger partial charge in [0.2, 0.25) is 0 Å². The maximum atomic E-state index is 12.7. The van der Waals surface area contributed by atoms with Crippen molar-refractivity contribution in [2.45, 2.75) is 26.4 Å². The molecule has 0 fully saturated rings. The number of aliphatic hydroxyl groups excluding tert-OH is 2. The monoisotopic (exact) mass is 553 g/mol. The van der Waals surface area contributed by atoms with E-state index < -0.39 is 17.4 Å². The second-order valence-corrected chi connectivity index (χ2v) is 12.4. The fraction of sp³-hybridized carbons (Fsp3) is 0.375. The van der Waals surface area contributed by atoms with Gasteiger partial charge in [0.15, 0.2) is 0 Å². The third-order valence-electron chi connectivity index (χ3n) is 4.87. The van der Waals surface area contributed by atoms with Crippen LogP contribution in [0, 0.1) is 5.41 Å². The summed E-state index contributed by atoms with van der Waals surface area (Å²) >= 11 is -0.00102. The van der Waals surface area contributed by atoms with E-state index in [2.05, 4.69) is 16.0 Å². The predicted molar refractivity (Wildman–Crippen MR) is 136 cm³/mol. The standard InChI is InChI=1S/C24H31N3O5SSe/c1-24(2,16-28)21(30)23(32)26-13-12-20(29)25-14-15-33-34-19-11-7-6-10-18(19)22(31)27-17-8-4-3-5-9-17/h3-11,21,28,30H,12-16H2,1-2H3,(H,25,29)(H,26,32)(H,27,31)/t21-/m0/s1. The molecule has 0 bridgehead atoms. The number of aliphatic hydroxyl groups is 2. The molecule has 10 heteroatoms. The van der Waals surface area contributed by atoms with Gasteiger partial charge in [-0.2, -0.15) is 0 Å². The van der Waals surface area contributed by atoms with E-state index in [0.29, 0.717) is 17.9 Å². The molecular formula is C24H31N3O5SSe. The molecule has 0 saturated carbocycles. The second-order valence-electron chi connectivity index (χ2n) is 8.16. The van der Waals surface area contributed by atoms with Crippen LogP contribution in [0.2, 0.25) is 0 Å². The van der Waals surface area contributed by atoms with Crippen LogP contribution >= 0.6 is 10.2 Å². The van der Waals surface area contributed by atoms with Gasteiger partial charge < -0.3 is 5.11 Å². The molecule has 2 aromatic rings. The molecule has 2 rings (SSSR count). The van der Waals surface area contributed by atoms with Crippen molar-refractivity contribution in [2.75, 3.05) is 30.8 Å². The molecule has 34 heavy (non-hydrogen) atoms. The second kappa shape index (κ2) is 14.1. The number of hydrogen-bond donors (Lipinski definition) is 5. The Hall–Kier alpha value is -2.36. The molecule has 0 aliphatic heterocycles. The fourth-order valence-corrected chi connectivity index (χ4v) is 6.52. The Morgan fingerprint density at radius 3 is 2.38 bits per heavy atom. The van der Waals surface area contributed by atoms with Crippen LogP contribution in [0.4, 0.5) is 5.69 Å². The Morgan fingerprint density at radius 1 is 1.00 bits per heavy atom. The zero-order chi connectivity index (χ0) is 25.0. The van der Waals surface area contributed by atoms with Gasteiger partial charge in [-0.15, -0.1) is 0 Å². The summed E-state index contributed by atoms with van der Waals surface area (Å²) < 4.78 is 0.979. The number of anilines is 1. The van der Waals surface area contributed by atoms with E-state index in [1.165, 1.54) is 0 Å². The molecule has 0 saturated heterocycles. The third kappa shape index (κ3) is 9.12. The van der Waals surface area contributed by atoms with Gasteiger partial charge in [0.05, 0.1) is 0 Å². The molecule has 1 atom stereocenters. The van der Waals surface area contributed by atoms with Crippen LogP contribution in [0.3, 0.4) is 0 Å². The number of carbonyl (C=O) groups is 3. The first-order valence-corrected chi connectivity index (χ1v) is 14.7. The van der Waals surface area contributed by atoms with Crippen molar-refractivity contribution in [3.63, 3.8) is 0 Å². The summed E-state index contributed by atoms with van der Waals surface area (Å²) in [6.07, 6.45) is -1.26. The third-order valence-corrected chi connectivity index (χ3v) is 9.20. The molecule has 0 aliphatic rings. The van der Waals surface area contributed by atoms with Crippen molar-refractivity contribution in [3.8, 4) is 0 Å². The Bertz CT molecular complexity index is 959. The number of carbonyl (C=O) groups excluding carboxylic acids is 3. The van der Waals surface area contributed by atoms with Gasteiger partial charge in [-0.25, -0.2) is 0 Å². The number of amides is 3. The summed E-state index contributed by atoms with van der Waals surface area (Å²) in [4.78, 5) is 36.5. The molecule has 5 N–H and O–H groups in total. The summed E-state index contributed by atoms with van der Waals surface area (Å²) in [7, 11) is 1.67. The Kier molecular flexibility index (Phi) is 11.6. The van der Waals surface area contributed by atoms with E-state index in [0.717, 1.165) is 10.1 Å². The molecule has 0 aromatic heterocycles. The summed E-state index contributed by atoms with van der Waals surface area (Å²) in [5.41, 5.74) is 0.435. The summed E-state index contributed by atoms with van der Waals surface area (Å²) in [5.74, 6) is -0.269. The quantitative estimate of drug-likeness (QED) is 0.186. The van der Waals surface area contributed by atoms with Gasteiger partial charge in [-0.3, -0.25) is 0 Å². The predicted octanol–water partition coefficient (Wildman–Crippen LogP) is 0.919. The van der Waals surface area contributed by atoms with Crippen molar-refractivity contribution < 1.29 is 24.6 Å². The molecule has 0 spiro atoms. The molecule has 184 valence electrons. The van der Waals surface area contributed by atoms with Crippen molar-refractivity contribution in [1.82, 2.24) is 10.6 Å². The molecular weight excluding hydrogens is 521 g/mol. The molecule has 2 aromatic carbocycles. The number of benzene rings is 2. The van der Waals surface area contributed by atoms with E-state index in [1.54, 1.807) is 24.0 Å². The van der Waals surface area contributed by atoms with Gasteiger partial charge >= 0.3 is 205 Å². The van der Waals surface area contributed by atoms with Crippen molar-refractivity contribution in [1.29, 1.82) is 0 Å². The van der Waals surface area contributed by atoms with Gasteiger partial charge in [-0.05, 0) is 0 Å². The first-order chi connectivity index (χ1) is 16.2. The van der Waals surface area contributed by atoms with Gasteiger partial charge in [0.1, 0.15) is 0 Å². The Morgan fingerprint density at radius 2 is 1.68 bits per heavy atom. The summed E-state index contributed by atoms with van der Waals surface area (Å²) in [6.45, 7) is 3.40. The van der Waals surface area contributed by atoms with Crippen LogP contribution in [-0.2, 0) is 9.59 Å². The van der Waals surface area contributed by atoms with Gasteiger partial charge in [0.25, 0.3) is 0 Å². The molecule has 8 nitrogen and oxygen atoms in total. The molecule has 0 unspecified atom stereocenters. The number of para-hydroxylation sites is 1. The Labute approximate surface area is 209 Å². The summed E-state index contributed by atoms with van der Waals surface area (Å²) in [5, 5.41) is 27.4. The van der Waals surface area contributed by atoms with E-state index in [-0.39, 0.29) is 45.2 Å². The van der Waals surface area contributed by atoms with E-state index in [1.807, 2.05) is 54.6 Å². The van der Waals surface area contributed by atoms with Crippen molar-refractivity contribution in [3.05, 3.63) is 60.2 Å². The average Bonchev–Trinajstić information content (AvgIpc) is 2.84. The number of nitrogens with one attached hydrogen (secondary N) is 3. The van der Waals surface area contributed by atoms with E-state index in [4.69, 9.17) is 0 Å². The minimum absolute atomic E-state index is 0.00102. The fourth-order valence-electron chi connectivity index (χ4n) is 2.71. The average molecular weight is 553 g/mol. The normalized spacial score (nSPS) is 12.0. The van der Waals surface area contributed by atoms with E-state index in [9.17, 15) is 24.6 Å². The number of rotatable bonds is 13. The molecule has 0 aliphatic carbocycles. The van der Waals surface area contributed by atoms with Crippen LogP contribution in [0.1, 0.15) is 30.6 Å². The first kappa shape index (κ1) is 27.9. The van der Waals surface area contributed by atoms with E-state index >= 15 is 0 Å². The summed E-state index contributed by atoms with van der Waals surface area (Å²) in [6, 6.07) is 16.8. The minimum atomic E-state index is -1.35.